The van der Waals surface area contributed by atoms with Gasteiger partial charge >= 0.3 is 0 Å². The van der Waals surface area contributed by atoms with Crippen molar-refractivity contribution in [3.63, 3.8) is 0 Å². The van der Waals surface area contributed by atoms with Crippen LogP contribution in [0.3, 0.4) is 0 Å². The molecule has 3 heteroatoms. The number of hydrogen-bond acceptors (Lipinski definition) is 3. The highest BCUT2D eigenvalue weighted by atomic mass is 16.3. The van der Waals surface area contributed by atoms with Gasteiger partial charge in [-0.3, -0.25) is 0 Å². The molecule has 3 nitrogen and oxygen atoms in total. The summed E-state index contributed by atoms with van der Waals surface area (Å²) in [6.45, 7) is 3.35. The maximum absolute atomic E-state index is 9.86. The fourth-order valence-corrected chi connectivity index (χ4v) is 6.81. The van der Waals surface area contributed by atoms with E-state index >= 15 is 0 Å². The van der Waals surface area contributed by atoms with Gasteiger partial charge < -0.3 is 15.5 Å². The van der Waals surface area contributed by atoms with Gasteiger partial charge in [-0.25, -0.2) is 0 Å². The van der Waals surface area contributed by atoms with Crippen LogP contribution in [0.4, 0.5) is 0 Å². The van der Waals surface area contributed by atoms with Crippen LogP contribution in [-0.2, 0) is 13.0 Å². The van der Waals surface area contributed by atoms with Crippen LogP contribution < -0.4 is 5.32 Å². The molecule has 0 saturated heterocycles. The molecule has 3 N–H and O–H groups in total. The second-order valence-electron chi connectivity index (χ2n) is 9.52. The van der Waals surface area contributed by atoms with Gasteiger partial charge in [-0.15, -0.1) is 0 Å². The zero-order chi connectivity index (χ0) is 19.3. The summed E-state index contributed by atoms with van der Waals surface area (Å²) in [7, 11) is 0. The minimum absolute atomic E-state index is 0.349. The van der Waals surface area contributed by atoms with Crippen molar-refractivity contribution in [1.82, 2.24) is 5.32 Å². The third-order valence-corrected chi connectivity index (χ3v) is 8.17. The van der Waals surface area contributed by atoms with Gasteiger partial charge in [0.1, 0.15) is 11.5 Å². The van der Waals surface area contributed by atoms with Crippen molar-refractivity contribution in [2.75, 3.05) is 0 Å². The molecule has 3 aliphatic carbocycles. The Hall–Kier alpha value is -2.00. The molecule has 28 heavy (non-hydrogen) atoms. The lowest BCUT2D eigenvalue weighted by Crippen LogP contribution is -2.48. The Morgan fingerprint density at radius 1 is 1.00 bits per heavy atom. The van der Waals surface area contributed by atoms with Crippen molar-refractivity contribution in [3.05, 3.63) is 59.2 Å². The highest BCUT2D eigenvalue weighted by Gasteiger charge is 2.54. The summed E-state index contributed by atoms with van der Waals surface area (Å²) in [5.41, 5.74) is 4.41. The van der Waals surface area contributed by atoms with Crippen molar-refractivity contribution in [3.8, 4) is 11.5 Å². The molecule has 0 spiro atoms. The van der Waals surface area contributed by atoms with E-state index in [4.69, 9.17) is 0 Å². The van der Waals surface area contributed by atoms with Crippen LogP contribution in [0.15, 0.2) is 42.5 Å². The number of benzene rings is 2. The first-order chi connectivity index (χ1) is 13.5. The first kappa shape index (κ1) is 18.1. The zero-order valence-electron chi connectivity index (χ0n) is 16.7. The number of phenols is 2. The average Bonchev–Trinajstić information content (AvgIpc) is 3.02. The molecule has 3 aliphatic rings. The summed E-state index contributed by atoms with van der Waals surface area (Å²) in [4.78, 5) is 0. The van der Waals surface area contributed by atoms with Crippen LogP contribution in [0, 0.1) is 17.3 Å². The fraction of sp³-hybridized carbons (Fsp3) is 0.520. The Labute approximate surface area is 167 Å². The van der Waals surface area contributed by atoms with E-state index in [2.05, 4.69) is 24.4 Å². The lowest BCUT2D eigenvalue weighted by atomic mass is 9.55. The standard InChI is InChI=1S/C25H31NO2/c1-25-12-11-21-20-8-6-19(28)14-17(20)5-7-22(21)23(25)9-10-24(25)26-15-16-3-2-4-18(27)13-16/h2-4,6,8,13-14,21-24,26-28H,5,7,9-12,15H2,1H3/t21?,22?,23?,24-,25-/m0/s1. The molecule has 0 aliphatic heterocycles. The molecule has 2 aromatic rings. The van der Waals surface area contributed by atoms with E-state index in [9.17, 15) is 10.2 Å². The van der Waals surface area contributed by atoms with Crippen molar-refractivity contribution >= 4 is 0 Å². The molecule has 2 aromatic carbocycles. The topological polar surface area (TPSA) is 52.5 Å². The molecule has 0 bridgehead atoms. The summed E-state index contributed by atoms with van der Waals surface area (Å²) in [5.74, 6) is 3.00. The molecule has 3 unspecified atom stereocenters. The molecule has 0 heterocycles. The lowest BCUT2D eigenvalue weighted by Gasteiger charge is -2.51. The molecule has 2 saturated carbocycles. The number of aromatic hydroxyl groups is 2. The monoisotopic (exact) mass is 377 g/mol. The zero-order valence-corrected chi connectivity index (χ0v) is 16.7. The average molecular weight is 378 g/mol. The van der Waals surface area contributed by atoms with E-state index < -0.39 is 0 Å². The van der Waals surface area contributed by atoms with Crippen LogP contribution in [0.1, 0.15) is 61.6 Å². The number of rotatable bonds is 3. The summed E-state index contributed by atoms with van der Waals surface area (Å²) >= 11 is 0. The van der Waals surface area contributed by atoms with Gasteiger partial charge in [-0.2, -0.15) is 0 Å². The number of nitrogens with one attached hydrogen (secondary N) is 1. The third kappa shape index (κ3) is 2.91. The Balaban J connectivity index is 1.33. The molecule has 5 rings (SSSR count). The summed E-state index contributed by atoms with van der Waals surface area (Å²) < 4.78 is 0. The number of phenolic OH excluding ortho intramolecular Hbond substituents is 2. The highest BCUT2D eigenvalue weighted by molar-refractivity contribution is 5.40. The molecule has 2 fully saturated rings. The van der Waals surface area contributed by atoms with Crippen molar-refractivity contribution in [2.45, 2.75) is 64.0 Å². The van der Waals surface area contributed by atoms with Crippen molar-refractivity contribution < 1.29 is 10.2 Å². The predicted molar refractivity (Wildman–Crippen MR) is 111 cm³/mol. The minimum atomic E-state index is 0.349. The number of fused-ring (bicyclic) bond motifs is 5. The Bertz CT molecular complexity index is 879. The first-order valence-corrected chi connectivity index (χ1v) is 10.9. The van der Waals surface area contributed by atoms with Gasteiger partial charge in [0.15, 0.2) is 0 Å². The van der Waals surface area contributed by atoms with Crippen molar-refractivity contribution in [1.29, 1.82) is 0 Å². The first-order valence-electron chi connectivity index (χ1n) is 10.9. The molecule has 0 amide bonds. The van der Waals surface area contributed by atoms with Crippen LogP contribution >= 0.6 is 0 Å². The van der Waals surface area contributed by atoms with Crippen LogP contribution in [0.5, 0.6) is 11.5 Å². The summed E-state index contributed by atoms with van der Waals surface area (Å²) in [5, 5.41) is 23.4. The van der Waals surface area contributed by atoms with E-state index in [1.807, 2.05) is 24.3 Å². The third-order valence-electron chi connectivity index (χ3n) is 8.17. The fourth-order valence-electron chi connectivity index (χ4n) is 6.81. The van der Waals surface area contributed by atoms with Crippen LogP contribution in [0.25, 0.3) is 0 Å². The lowest BCUT2D eigenvalue weighted by molar-refractivity contribution is 0.0408. The largest absolute Gasteiger partial charge is 0.508 e. The van der Waals surface area contributed by atoms with Crippen LogP contribution in [-0.4, -0.2) is 16.3 Å². The van der Waals surface area contributed by atoms with E-state index in [1.54, 1.807) is 6.07 Å². The van der Waals surface area contributed by atoms with E-state index in [0.29, 0.717) is 28.9 Å². The van der Waals surface area contributed by atoms with Gasteiger partial charge in [0.05, 0.1) is 0 Å². The molecular weight excluding hydrogens is 346 g/mol. The number of aryl methyl sites for hydroxylation is 1. The Morgan fingerprint density at radius 3 is 2.71 bits per heavy atom. The molecule has 0 aromatic heterocycles. The maximum Gasteiger partial charge on any atom is 0.115 e. The molecule has 148 valence electrons. The Kier molecular flexibility index (Phi) is 4.39. The van der Waals surface area contributed by atoms with Gasteiger partial charge in [0.2, 0.25) is 0 Å². The normalized spacial score (nSPS) is 33.8. The van der Waals surface area contributed by atoms with Gasteiger partial charge in [-0.1, -0.05) is 25.1 Å². The second-order valence-corrected chi connectivity index (χ2v) is 9.52. The number of hydrogen-bond donors (Lipinski definition) is 3. The molecule has 5 atom stereocenters. The SMILES string of the molecule is C[C@]12CCC3c4ccc(O)cc4CCC3C1CC[C@@H]2NCc1cccc(O)c1. The maximum atomic E-state index is 9.86. The quantitative estimate of drug-likeness (QED) is 0.696. The van der Waals surface area contributed by atoms with Gasteiger partial charge in [0.25, 0.3) is 0 Å². The smallest absolute Gasteiger partial charge is 0.115 e. The molecular formula is C25H31NO2. The van der Waals surface area contributed by atoms with Crippen molar-refractivity contribution in [2.24, 2.45) is 17.3 Å². The minimum Gasteiger partial charge on any atom is -0.508 e. The van der Waals surface area contributed by atoms with Crippen LogP contribution in [0.2, 0.25) is 0 Å². The Morgan fingerprint density at radius 2 is 1.86 bits per heavy atom. The van der Waals surface area contributed by atoms with E-state index in [1.165, 1.54) is 43.2 Å². The van der Waals surface area contributed by atoms with Gasteiger partial charge in [-0.05, 0) is 103 Å². The van der Waals surface area contributed by atoms with E-state index in [-0.39, 0.29) is 0 Å². The highest BCUT2D eigenvalue weighted by Crippen LogP contribution is 2.61. The second kappa shape index (κ2) is 6.81. The summed E-state index contributed by atoms with van der Waals surface area (Å²) in [6, 6.07) is 14.2. The summed E-state index contributed by atoms with van der Waals surface area (Å²) in [6.07, 6.45) is 7.49. The predicted octanol–water partition coefficient (Wildman–Crippen LogP) is 5.11. The van der Waals surface area contributed by atoms with Gasteiger partial charge in [0, 0.05) is 12.6 Å². The molecule has 0 radical (unpaired) electrons. The van der Waals surface area contributed by atoms with E-state index in [0.717, 1.165) is 30.4 Å².